The summed E-state index contributed by atoms with van der Waals surface area (Å²) < 4.78 is 19.8. The third-order valence-electron chi connectivity index (χ3n) is 2.96. The van der Waals surface area contributed by atoms with Gasteiger partial charge in [0.1, 0.15) is 11.6 Å². The van der Waals surface area contributed by atoms with Crippen LogP contribution in [-0.4, -0.2) is 7.11 Å². The van der Waals surface area contributed by atoms with Crippen LogP contribution in [0, 0.1) is 5.82 Å². The Labute approximate surface area is 131 Å². The molecule has 0 saturated carbocycles. The van der Waals surface area contributed by atoms with Crippen molar-refractivity contribution in [3.8, 4) is 5.75 Å². The van der Waals surface area contributed by atoms with Crippen molar-refractivity contribution >= 4 is 33.2 Å². The molecule has 0 aliphatic rings. The van der Waals surface area contributed by atoms with Crippen LogP contribution >= 0.6 is 27.5 Å². The fraction of sp³-hybridized carbons (Fsp3) is 0.200. The molecule has 2 rings (SSSR count). The molecule has 20 heavy (non-hydrogen) atoms. The largest absolute Gasteiger partial charge is 0.495 e. The average molecular weight is 359 g/mol. The zero-order valence-corrected chi connectivity index (χ0v) is 13.4. The molecule has 2 nitrogen and oxygen atoms in total. The van der Waals surface area contributed by atoms with Gasteiger partial charge in [-0.2, -0.15) is 0 Å². The van der Waals surface area contributed by atoms with E-state index >= 15 is 0 Å². The smallest absolute Gasteiger partial charge is 0.137 e. The molecule has 1 unspecified atom stereocenters. The van der Waals surface area contributed by atoms with Gasteiger partial charge in [-0.3, -0.25) is 0 Å². The van der Waals surface area contributed by atoms with Crippen LogP contribution in [0.15, 0.2) is 40.9 Å². The van der Waals surface area contributed by atoms with Crippen molar-refractivity contribution in [3.05, 3.63) is 57.3 Å². The SMILES string of the molecule is COc1ccc(NC(C)c2cc(Br)ccc2F)cc1Cl. The van der Waals surface area contributed by atoms with E-state index in [1.54, 1.807) is 31.4 Å². The van der Waals surface area contributed by atoms with E-state index in [0.717, 1.165) is 10.2 Å². The fourth-order valence-electron chi connectivity index (χ4n) is 1.93. The van der Waals surface area contributed by atoms with Crippen LogP contribution < -0.4 is 10.1 Å². The molecule has 0 radical (unpaired) electrons. The zero-order valence-electron chi connectivity index (χ0n) is 11.1. The number of halogens is 3. The third kappa shape index (κ3) is 3.44. The monoisotopic (exact) mass is 357 g/mol. The van der Waals surface area contributed by atoms with Crippen LogP contribution in [-0.2, 0) is 0 Å². The molecule has 0 bridgehead atoms. The van der Waals surface area contributed by atoms with Gasteiger partial charge in [-0.05, 0) is 43.3 Å². The number of hydrogen-bond donors (Lipinski definition) is 1. The molecule has 0 aromatic heterocycles. The minimum absolute atomic E-state index is 0.183. The average Bonchev–Trinajstić information content (AvgIpc) is 2.41. The maximum absolute atomic E-state index is 13.8. The van der Waals surface area contributed by atoms with E-state index in [1.165, 1.54) is 6.07 Å². The number of methoxy groups -OCH3 is 1. The van der Waals surface area contributed by atoms with Gasteiger partial charge in [0.25, 0.3) is 0 Å². The summed E-state index contributed by atoms with van der Waals surface area (Å²) >= 11 is 9.42. The van der Waals surface area contributed by atoms with E-state index < -0.39 is 0 Å². The molecule has 0 heterocycles. The Balaban J connectivity index is 2.21. The van der Waals surface area contributed by atoms with E-state index in [2.05, 4.69) is 21.2 Å². The van der Waals surface area contributed by atoms with Crippen LogP contribution in [0.5, 0.6) is 5.75 Å². The Kier molecular flexibility index (Phi) is 4.89. The summed E-state index contributed by atoms with van der Waals surface area (Å²) in [6, 6.07) is 10.1. The quantitative estimate of drug-likeness (QED) is 0.787. The first-order chi connectivity index (χ1) is 9.51. The van der Waals surface area contributed by atoms with Gasteiger partial charge in [0, 0.05) is 15.7 Å². The van der Waals surface area contributed by atoms with Gasteiger partial charge in [0.05, 0.1) is 18.2 Å². The summed E-state index contributed by atoms with van der Waals surface area (Å²) in [6.07, 6.45) is 0. The highest BCUT2D eigenvalue weighted by Gasteiger charge is 2.12. The summed E-state index contributed by atoms with van der Waals surface area (Å²) in [7, 11) is 1.56. The highest BCUT2D eigenvalue weighted by molar-refractivity contribution is 9.10. The van der Waals surface area contributed by atoms with Crippen LogP contribution in [0.2, 0.25) is 5.02 Å². The molecule has 1 N–H and O–H groups in total. The minimum atomic E-state index is -0.243. The lowest BCUT2D eigenvalue weighted by atomic mass is 10.1. The minimum Gasteiger partial charge on any atom is -0.495 e. The standard InChI is InChI=1S/C15H14BrClFNO/c1-9(12-7-10(16)3-5-14(12)18)19-11-4-6-15(20-2)13(17)8-11/h3-9,19H,1-2H3. The molecule has 0 amide bonds. The molecule has 0 fully saturated rings. The van der Waals surface area contributed by atoms with E-state index in [-0.39, 0.29) is 11.9 Å². The first-order valence-corrected chi connectivity index (χ1v) is 7.23. The lowest BCUT2D eigenvalue weighted by molar-refractivity contribution is 0.415. The lowest BCUT2D eigenvalue weighted by Gasteiger charge is -2.17. The van der Waals surface area contributed by atoms with Gasteiger partial charge in [-0.15, -0.1) is 0 Å². The Hall–Kier alpha value is -1.26. The summed E-state index contributed by atoms with van der Waals surface area (Å²) in [5.41, 5.74) is 1.40. The van der Waals surface area contributed by atoms with Crippen molar-refractivity contribution in [2.24, 2.45) is 0 Å². The highest BCUT2D eigenvalue weighted by Crippen LogP contribution is 2.30. The molecule has 0 aliphatic heterocycles. The third-order valence-corrected chi connectivity index (χ3v) is 3.75. The lowest BCUT2D eigenvalue weighted by Crippen LogP contribution is -2.08. The second-order valence-electron chi connectivity index (χ2n) is 4.38. The zero-order chi connectivity index (χ0) is 14.7. The molecule has 5 heteroatoms. The number of anilines is 1. The van der Waals surface area contributed by atoms with Gasteiger partial charge in [0.2, 0.25) is 0 Å². The predicted molar refractivity (Wildman–Crippen MR) is 84.1 cm³/mol. The van der Waals surface area contributed by atoms with E-state index in [1.807, 2.05) is 13.0 Å². The molecule has 2 aromatic rings. The van der Waals surface area contributed by atoms with Crippen molar-refractivity contribution in [3.63, 3.8) is 0 Å². The first-order valence-electron chi connectivity index (χ1n) is 6.06. The van der Waals surface area contributed by atoms with E-state index in [4.69, 9.17) is 16.3 Å². The van der Waals surface area contributed by atoms with E-state index in [9.17, 15) is 4.39 Å². The van der Waals surface area contributed by atoms with Crippen molar-refractivity contribution in [1.82, 2.24) is 0 Å². The number of benzene rings is 2. The topological polar surface area (TPSA) is 21.3 Å². The maximum Gasteiger partial charge on any atom is 0.137 e. The van der Waals surface area contributed by atoms with Crippen LogP contribution in [0.1, 0.15) is 18.5 Å². The van der Waals surface area contributed by atoms with Crippen LogP contribution in [0.3, 0.4) is 0 Å². The Morgan fingerprint density at radius 2 is 2.00 bits per heavy atom. The number of ether oxygens (including phenoxy) is 1. The van der Waals surface area contributed by atoms with Gasteiger partial charge >= 0.3 is 0 Å². The summed E-state index contributed by atoms with van der Waals surface area (Å²) in [5.74, 6) is 0.367. The van der Waals surface area contributed by atoms with Crippen molar-refractivity contribution in [1.29, 1.82) is 0 Å². The summed E-state index contributed by atoms with van der Waals surface area (Å²) in [5, 5.41) is 3.73. The molecule has 0 saturated heterocycles. The van der Waals surface area contributed by atoms with Gasteiger partial charge in [0.15, 0.2) is 0 Å². The van der Waals surface area contributed by atoms with Gasteiger partial charge in [-0.1, -0.05) is 27.5 Å². The molecule has 0 aliphatic carbocycles. The van der Waals surface area contributed by atoms with Crippen molar-refractivity contribution < 1.29 is 9.13 Å². The van der Waals surface area contributed by atoms with Crippen molar-refractivity contribution in [2.45, 2.75) is 13.0 Å². The molecule has 0 spiro atoms. The molecular formula is C15H14BrClFNO. The Morgan fingerprint density at radius 3 is 2.65 bits per heavy atom. The second kappa shape index (κ2) is 6.46. The molecule has 106 valence electrons. The van der Waals surface area contributed by atoms with E-state index in [0.29, 0.717) is 16.3 Å². The number of hydrogen-bond acceptors (Lipinski definition) is 2. The number of nitrogens with one attached hydrogen (secondary N) is 1. The maximum atomic E-state index is 13.8. The van der Waals surface area contributed by atoms with Crippen LogP contribution in [0.25, 0.3) is 0 Å². The molecular weight excluding hydrogens is 345 g/mol. The molecule has 2 aromatic carbocycles. The van der Waals surface area contributed by atoms with Crippen molar-refractivity contribution in [2.75, 3.05) is 12.4 Å². The van der Waals surface area contributed by atoms with Gasteiger partial charge < -0.3 is 10.1 Å². The van der Waals surface area contributed by atoms with Crippen LogP contribution in [0.4, 0.5) is 10.1 Å². The molecule has 1 atom stereocenters. The summed E-state index contributed by atoms with van der Waals surface area (Å²) in [4.78, 5) is 0. The summed E-state index contributed by atoms with van der Waals surface area (Å²) in [6.45, 7) is 1.89. The fourth-order valence-corrected chi connectivity index (χ4v) is 2.57. The second-order valence-corrected chi connectivity index (χ2v) is 5.70. The first kappa shape index (κ1) is 15.1. The Bertz CT molecular complexity index is 621. The highest BCUT2D eigenvalue weighted by atomic mass is 79.9. The Morgan fingerprint density at radius 1 is 1.25 bits per heavy atom. The number of rotatable bonds is 4. The van der Waals surface area contributed by atoms with Gasteiger partial charge in [-0.25, -0.2) is 4.39 Å². The normalized spacial score (nSPS) is 12.1. The predicted octanol–water partition coefficient (Wildman–Crippen LogP) is 5.42.